The number of aromatic nitrogens is 2. The van der Waals surface area contributed by atoms with Crippen LogP contribution in [0.4, 0.5) is 5.69 Å². The Morgan fingerprint density at radius 3 is 2.83 bits per heavy atom. The maximum atomic E-state index is 11.6. The molecule has 1 aromatic carbocycles. The molecule has 1 aromatic heterocycles. The summed E-state index contributed by atoms with van der Waals surface area (Å²) in [4.78, 5) is 27.0. The van der Waals surface area contributed by atoms with Crippen molar-refractivity contribution in [1.82, 2.24) is 9.97 Å². The Hall–Kier alpha value is -2.87. The van der Waals surface area contributed by atoms with Gasteiger partial charge in [0, 0.05) is 10.6 Å². The molecule has 23 heavy (non-hydrogen) atoms. The van der Waals surface area contributed by atoms with Gasteiger partial charge < -0.3 is 14.8 Å². The van der Waals surface area contributed by atoms with Crippen LogP contribution in [0.1, 0.15) is 18.3 Å². The second kappa shape index (κ2) is 6.93. The van der Waals surface area contributed by atoms with Gasteiger partial charge in [-0.3, -0.25) is 14.9 Å². The van der Waals surface area contributed by atoms with Gasteiger partial charge in [0.15, 0.2) is 0 Å². The molecule has 9 heteroatoms. The summed E-state index contributed by atoms with van der Waals surface area (Å²) >= 11 is 5.93. The van der Waals surface area contributed by atoms with Gasteiger partial charge in [0.2, 0.25) is 0 Å². The van der Waals surface area contributed by atoms with Crippen molar-refractivity contribution in [1.29, 1.82) is 0 Å². The number of H-pyrrole nitrogens is 1. The maximum Gasteiger partial charge on any atom is 0.395 e. The van der Waals surface area contributed by atoms with E-state index in [-0.39, 0.29) is 5.82 Å². The molecule has 2 N–H and O–H groups in total. The Morgan fingerprint density at radius 1 is 1.48 bits per heavy atom. The van der Waals surface area contributed by atoms with Crippen LogP contribution in [0.2, 0.25) is 5.02 Å². The fraction of sp³-hybridized carbons (Fsp3) is 0.143. The fourth-order valence-corrected chi connectivity index (χ4v) is 2.00. The first kappa shape index (κ1) is 16.5. The van der Waals surface area contributed by atoms with Gasteiger partial charge in [0.05, 0.1) is 11.5 Å². The minimum absolute atomic E-state index is 0.0412. The van der Waals surface area contributed by atoms with Crippen molar-refractivity contribution in [2.24, 2.45) is 0 Å². The lowest BCUT2D eigenvalue weighted by Crippen LogP contribution is -2.14. The van der Waals surface area contributed by atoms with Gasteiger partial charge in [-0.2, -0.15) is 4.98 Å². The third-order valence-electron chi connectivity index (χ3n) is 2.77. The molecule has 8 nitrogen and oxygen atoms in total. The van der Waals surface area contributed by atoms with Crippen molar-refractivity contribution in [3.8, 4) is 11.6 Å². The van der Waals surface area contributed by atoms with E-state index in [1.54, 1.807) is 24.3 Å². The van der Waals surface area contributed by atoms with E-state index in [0.29, 0.717) is 22.9 Å². The molecule has 0 radical (unpaired) electrons. The summed E-state index contributed by atoms with van der Waals surface area (Å²) in [5.41, 5.74) is -1.42. The molecule has 0 saturated heterocycles. The average Bonchev–Trinajstić information content (AvgIpc) is 2.46. The summed E-state index contributed by atoms with van der Waals surface area (Å²) in [5.74, 6) is -0.420. The number of aromatic hydroxyl groups is 1. The van der Waals surface area contributed by atoms with Gasteiger partial charge in [0.1, 0.15) is 11.6 Å². The van der Waals surface area contributed by atoms with E-state index >= 15 is 0 Å². The smallest absolute Gasteiger partial charge is 0.395 e. The Morgan fingerprint density at radius 2 is 2.22 bits per heavy atom. The number of nitro groups is 1. The number of hydrogen-bond acceptors (Lipinski definition) is 6. The number of ether oxygens (including phenoxy) is 1. The topological polar surface area (TPSA) is 118 Å². The number of nitrogens with zero attached hydrogens (tertiary/aromatic N) is 2. The first-order valence-corrected chi connectivity index (χ1v) is 6.88. The summed E-state index contributed by atoms with van der Waals surface area (Å²) in [6.07, 6.45) is 2.93. The highest BCUT2D eigenvalue weighted by Gasteiger charge is 2.21. The zero-order chi connectivity index (χ0) is 17.0. The van der Waals surface area contributed by atoms with Crippen molar-refractivity contribution in [3.63, 3.8) is 0 Å². The molecule has 0 atom stereocenters. The van der Waals surface area contributed by atoms with Crippen LogP contribution in [0.5, 0.6) is 11.6 Å². The summed E-state index contributed by atoms with van der Waals surface area (Å²) in [6.45, 7) is 2.28. The van der Waals surface area contributed by atoms with E-state index in [4.69, 9.17) is 16.3 Å². The van der Waals surface area contributed by atoms with Crippen LogP contribution in [0, 0.1) is 10.1 Å². The third kappa shape index (κ3) is 3.86. The van der Waals surface area contributed by atoms with Gasteiger partial charge in [0.25, 0.3) is 5.88 Å². The number of halogens is 1. The first-order chi connectivity index (χ1) is 10.9. The molecular weight excluding hydrogens is 326 g/mol. The van der Waals surface area contributed by atoms with Crippen LogP contribution >= 0.6 is 11.6 Å². The van der Waals surface area contributed by atoms with E-state index in [0.717, 1.165) is 0 Å². The number of nitrogens with one attached hydrogen (secondary N) is 1. The van der Waals surface area contributed by atoms with Crippen LogP contribution in [0.3, 0.4) is 0 Å². The van der Waals surface area contributed by atoms with Gasteiger partial charge in [-0.25, -0.2) is 0 Å². The number of hydrogen-bond donors (Lipinski definition) is 2. The predicted molar refractivity (Wildman–Crippen MR) is 84.7 cm³/mol. The molecule has 2 aromatic rings. The highest BCUT2D eigenvalue weighted by molar-refractivity contribution is 6.30. The zero-order valence-corrected chi connectivity index (χ0v) is 12.7. The molecular formula is C14H12ClN3O5. The van der Waals surface area contributed by atoms with Crippen LogP contribution in [0.15, 0.2) is 23.0 Å². The zero-order valence-electron chi connectivity index (χ0n) is 11.9. The van der Waals surface area contributed by atoms with E-state index in [2.05, 4.69) is 9.97 Å². The SMILES string of the molecule is CCOc1ccc(Cl)cc1/C=C\c1nc(O)c([N+](=O)[O-])c(=O)[nH]1. The van der Waals surface area contributed by atoms with Crippen molar-refractivity contribution < 1.29 is 14.8 Å². The molecule has 0 aliphatic rings. The van der Waals surface area contributed by atoms with E-state index in [1.165, 1.54) is 6.08 Å². The second-order valence-electron chi connectivity index (χ2n) is 4.33. The summed E-state index contributed by atoms with van der Waals surface area (Å²) in [5, 5.41) is 20.6. The molecule has 0 fully saturated rings. The van der Waals surface area contributed by atoms with Crippen LogP contribution in [-0.2, 0) is 0 Å². The minimum atomic E-state index is -1.04. The largest absolute Gasteiger partial charge is 0.493 e. The van der Waals surface area contributed by atoms with Crippen LogP contribution in [-0.4, -0.2) is 26.6 Å². The van der Waals surface area contributed by atoms with Crippen molar-refractivity contribution in [3.05, 3.63) is 55.1 Å². The molecule has 120 valence electrons. The lowest BCUT2D eigenvalue weighted by molar-refractivity contribution is -0.387. The van der Waals surface area contributed by atoms with Gasteiger partial charge in [-0.05, 0) is 37.3 Å². The first-order valence-electron chi connectivity index (χ1n) is 6.50. The number of benzene rings is 1. The molecule has 2 rings (SSSR count). The Bertz CT molecular complexity index is 832. The molecule has 0 saturated carbocycles. The second-order valence-corrected chi connectivity index (χ2v) is 4.77. The quantitative estimate of drug-likeness (QED) is 0.639. The average molecular weight is 338 g/mol. The van der Waals surface area contributed by atoms with Crippen molar-refractivity contribution in [2.75, 3.05) is 6.61 Å². The van der Waals surface area contributed by atoms with E-state index in [9.17, 15) is 20.0 Å². The fourth-order valence-electron chi connectivity index (χ4n) is 1.82. The standard InChI is InChI=1S/C14H12ClN3O5/c1-2-23-10-5-4-9(15)7-8(10)3-6-11-16-13(19)12(18(21)22)14(20)17-11/h3-7H,2H2,1H3,(H2,16,17,19,20)/b6-3-. The van der Waals surface area contributed by atoms with Crippen LogP contribution < -0.4 is 10.3 Å². The Labute approximate surface area is 135 Å². The summed E-state index contributed by atoms with van der Waals surface area (Å²) < 4.78 is 5.44. The molecule has 0 unspecified atom stereocenters. The normalized spacial score (nSPS) is 10.9. The lowest BCUT2D eigenvalue weighted by Gasteiger charge is -2.07. The molecule has 0 aliphatic carbocycles. The highest BCUT2D eigenvalue weighted by Crippen LogP contribution is 2.25. The Balaban J connectivity index is 2.40. The monoisotopic (exact) mass is 337 g/mol. The van der Waals surface area contributed by atoms with E-state index < -0.39 is 22.0 Å². The summed E-state index contributed by atoms with van der Waals surface area (Å²) in [6, 6.07) is 5.00. The van der Waals surface area contributed by atoms with Gasteiger partial charge >= 0.3 is 11.2 Å². The molecule has 1 heterocycles. The predicted octanol–water partition coefficient (Wildman–Crippen LogP) is 2.61. The summed E-state index contributed by atoms with van der Waals surface area (Å²) in [7, 11) is 0. The van der Waals surface area contributed by atoms with Crippen LogP contribution in [0.25, 0.3) is 12.2 Å². The van der Waals surface area contributed by atoms with Gasteiger partial charge in [-0.15, -0.1) is 0 Å². The Kier molecular flexibility index (Phi) is 4.97. The molecule has 0 amide bonds. The van der Waals surface area contributed by atoms with E-state index in [1.807, 2.05) is 6.92 Å². The highest BCUT2D eigenvalue weighted by atomic mass is 35.5. The maximum absolute atomic E-state index is 11.6. The molecule has 0 spiro atoms. The van der Waals surface area contributed by atoms with Gasteiger partial charge in [-0.1, -0.05) is 11.6 Å². The molecule has 0 bridgehead atoms. The lowest BCUT2D eigenvalue weighted by atomic mass is 10.2. The number of aromatic amines is 1. The van der Waals surface area contributed by atoms with Crippen molar-refractivity contribution >= 4 is 29.4 Å². The number of rotatable bonds is 5. The third-order valence-corrected chi connectivity index (χ3v) is 3.00. The minimum Gasteiger partial charge on any atom is -0.493 e. The molecule has 0 aliphatic heterocycles. The van der Waals surface area contributed by atoms with Crippen molar-refractivity contribution in [2.45, 2.75) is 6.92 Å².